The molecule has 0 atom stereocenters. The highest BCUT2D eigenvalue weighted by atomic mass is 32.1. The number of thiophene rings is 1. The number of rotatable bonds is 5. The van der Waals surface area contributed by atoms with Gasteiger partial charge in [-0.05, 0) is 31.7 Å². The fourth-order valence-electron chi connectivity index (χ4n) is 2.39. The van der Waals surface area contributed by atoms with Gasteiger partial charge in [0.25, 0.3) is 0 Å². The van der Waals surface area contributed by atoms with E-state index in [9.17, 15) is 0 Å². The van der Waals surface area contributed by atoms with Gasteiger partial charge in [0.05, 0.1) is 5.39 Å². The summed E-state index contributed by atoms with van der Waals surface area (Å²) in [4.78, 5) is 12.2. The standard InChI is InChI=1S/C15H21N3S/c1-3-8-16-14-12-9-11(4-2)19-15(12)18-13(17-14)10-6-5-7-10/h9-10H,3-8H2,1-2H3,(H,16,17,18). The zero-order valence-electron chi connectivity index (χ0n) is 11.7. The lowest BCUT2D eigenvalue weighted by Crippen LogP contribution is -2.14. The molecule has 2 aromatic heterocycles. The molecule has 0 aromatic carbocycles. The maximum absolute atomic E-state index is 4.80. The Morgan fingerprint density at radius 3 is 2.79 bits per heavy atom. The molecule has 2 aromatic rings. The predicted molar refractivity (Wildman–Crippen MR) is 82.2 cm³/mol. The lowest BCUT2D eigenvalue weighted by atomic mass is 9.85. The number of nitrogens with one attached hydrogen (secondary N) is 1. The molecule has 102 valence electrons. The minimum atomic E-state index is 0.596. The third kappa shape index (κ3) is 2.46. The van der Waals surface area contributed by atoms with Crippen molar-refractivity contribution in [3.63, 3.8) is 0 Å². The van der Waals surface area contributed by atoms with Gasteiger partial charge in [-0.25, -0.2) is 9.97 Å². The molecule has 1 saturated carbocycles. The Balaban J connectivity index is 2.03. The zero-order chi connectivity index (χ0) is 13.2. The number of aromatic nitrogens is 2. The van der Waals surface area contributed by atoms with Crippen LogP contribution in [0.3, 0.4) is 0 Å². The van der Waals surface area contributed by atoms with Gasteiger partial charge in [-0.3, -0.25) is 0 Å². The van der Waals surface area contributed by atoms with Gasteiger partial charge in [-0.1, -0.05) is 20.3 Å². The van der Waals surface area contributed by atoms with Crippen LogP contribution < -0.4 is 5.32 Å². The second-order valence-electron chi connectivity index (χ2n) is 5.27. The molecule has 0 bridgehead atoms. The molecule has 0 radical (unpaired) electrons. The average molecular weight is 275 g/mol. The Kier molecular flexibility index (Phi) is 3.69. The SMILES string of the molecule is CCCNc1nc(C2CCC2)nc2sc(CC)cc12. The topological polar surface area (TPSA) is 37.8 Å². The van der Waals surface area contributed by atoms with Crippen LogP contribution >= 0.6 is 11.3 Å². The minimum absolute atomic E-state index is 0.596. The van der Waals surface area contributed by atoms with Crippen LogP contribution in [-0.2, 0) is 6.42 Å². The Morgan fingerprint density at radius 1 is 1.32 bits per heavy atom. The third-order valence-electron chi connectivity index (χ3n) is 3.82. The van der Waals surface area contributed by atoms with E-state index in [1.165, 1.54) is 29.5 Å². The predicted octanol–water partition coefficient (Wildman–Crippen LogP) is 4.34. The quantitative estimate of drug-likeness (QED) is 0.882. The van der Waals surface area contributed by atoms with E-state index < -0.39 is 0 Å². The number of hydrogen-bond acceptors (Lipinski definition) is 4. The molecule has 3 rings (SSSR count). The molecule has 4 heteroatoms. The van der Waals surface area contributed by atoms with Crippen LogP contribution in [0.25, 0.3) is 10.2 Å². The van der Waals surface area contributed by atoms with Crippen LogP contribution in [0.1, 0.15) is 56.2 Å². The summed E-state index contributed by atoms with van der Waals surface area (Å²) in [6.45, 7) is 5.36. The van der Waals surface area contributed by atoms with Crippen LogP contribution in [0.4, 0.5) is 5.82 Å². The van der Waals surface area contributed by atoms with E-state index >= 15 is 0 Å². The molecular formula is C15H21N3S. The van der Waals surface area contributed by atoms with Crippen molar-refractivity contribution in [1.29, 1.82) is 0 Å². The highest BCUT2D eigenvalue weighted by molar-refractivity contribution is 7.18. The first-order valence-corrected chi connectivity index (χ1v) is 8.17. The van der Waals surface area contributed by atoms with Crippen LogP contribution in [0.5, 0.6) is 0 Å². The Morgan fingerprint density at radius 2 is 2.16 bits per heavy atom. The highest BCUT2D eigenvalue weighted by Crippen LogP contribution is 2.37. The number of aryl methyl sites for hydroxylation is 1. The molecule has 0 spiro atoms. The molecular weight excluding hydrogens is 254 g/mol. The fourth-order valence-corrected chi connectivity index (χ4v) is 3.36. The van der Waals surface area contributed by atoms with E-state index in [4.69, 9.17) is 9.97 Å². The van der Waals surface area contributed by atoms with Crippen molar-refractivity contribution in [2.24, 2.45) is 0 Å². The van der Waals surface area contributed by atoms with Crippen molar-refractivity contribution >= 4 is 27.4 Å². The third-order valence-corrected chi connectivity index (χ3v) is 5.00. The smallest absolute Gasteiger partial charge is 0.138 e. The Hall–Kier alpha value is -1.16. The summed E-state index contributed by atoms with van der Waals surface area (Å²) in [5.74, 6) is 2.70. The van der Waals surface area contributed by atoms with Gasteiger partial charge in [-0.15, -0.1) is 11.3 Å². The molecule has 2 heterocycles. The normalized spacial score (nSPS) is 15.7. The van der Waals surface area contributed by atoms with Crippen molar-refractivity contribution in [2.75, 3.05) is 11.9 Å². The summed E-state index contributed by atoms with van der Waals surface area (Å²) in [7, 11) is 0. The second kappa shape index (κ2) is 5.45. The van der Waals surface area contributed by atoms with E-state index in [1.54, 1.807) is 0 Å². The van der Waals surface area contributed by atoms with Gasteiger partial charge in [-0.2, -0.15) is 0 Å². The van der Waals surface area contributed by atoms with Gasteiger partial charge in [0.15, 0.2) is 0 Å². The molecule has 1 fully saturated rings. The Bertz CT molecular complexity index is 572. The van der Waals surface area contributed by atoms with Crippen molar-refractivity contribution in [2.45, 2.75) is 51.9 Å². The van der Waals surface area contributed by atoms with Gasteiger partial charge >= 0.3 is 0 Å². The summed E-state index contributed by atoms with van der Waals surface area (Å²) in [5, 5.41) is 4.68. The van der Waals surface area contributed by atoms with E-state index in [2.05, 4.69) is 25.2 Å². The number of hydrogen-bond donors (Lipinski definition) is 1. The monoisotopic (exact) mass is 275 g/mol. The van der Waals surface area contributed by atoms with Gasteiger partial charge in [0.2, 0.25) is 0 Å². The number of fused-ring (bicyclic) bond motifs is 1. The molecule has 0 amide bonds. The van der Waals surface area contributed by atoms with Crippen molar-refractivity contribution < 1.29 is 0 Å². The van der Waals surface area contributed by atoms with Crippen molar-refractivity contribution in [3.8, 4) is 0 Å². The average Bonchev–Trinajstić information content (AvgIpc) is 2.77. The Labute approximate surface area is 118 Å². The summed E-state index contributed by atoms with van der Waals surface area (Å²) < 4.78 is 0. The lowest BCUT2D eigenvalue weighted by molar-refractivity contribution is 0.403. The first-order chi connectivity index (χ1) is 9.31. The molecule has 0 saturated heterocycles. The number of anilines is 1. The van der Waals surface area contributed by atoms with E-state index in [1.807, 2.05) is 11.3 Å². The first kappa shape index (κ1) is 12.9. The van der Waals surface area contributed by atoms with Crippen LogP contribution in [-0.4, -0.2) is 16.5 Å². The van der Waals surface area contributed by atoms with E-state index in [0.29, 0.717) is 5.92 Å². The second-order valence-corrected chi connectivity index (χ2v) is 6.39. The van der Waals surface area contributed by atoms with Crippen molar-refractivity contribution in [3.05, 3.63) is 16.8 Å². The van der Waals surface area contributed by atoms with Gasteiger partial charge in [0, 0.05) is 17.3 Å². The summed E-state index contributed by atoms with van der Waals surface area (Å²) in [6, 6.07) is 2.25. The van der Waals surface area contributed by atoms with Crippen molar-refractivity contribution in [1.82, 2.24) is 9.97 Å². The van der Waals surface area contributed by atoms with Crippen LogP contribution in [0.15, 0.2) is 6.07 Å². The molecule has 3 nitrogen and oxygen atoms in total. The summed E-state index contributed by atoms with van der Waals surface area (Å²) in [5.41, 5.74) is 0. The molecule has 1 aliphatic rings. The largest absolute Gasteiger partial charge is 0.369 e. The van der Waals surface area contributed by atoms with E-state index in [0.717, 1.165) is 35.9 Å². The molecule has 1 aliphatic carbocycles. The van der Waals surface area contributed by atoms with Gasteiger partial charge < -0.3 is 5.32 Å². The minimum Gasteiger partial charge on any atom is -0.369 e. The maximum atomic E-state index is 4.80. The molecule has 19 heavy (non-hydrogen) atoms. The zero-order valence-corrected chi connectivity index (χ0v) is 12.5. The summed E-state index contributed by atoms with van der Waals surface area (Å²) in [6.07, 6.45) is 6.03. The summed E-state index contributed by atoms with van der Waals surface area (Å²) >= 11 is 1.82. The first-order valence-electron chi connectivity index (χ1n) is 7.36. The molecule has 0 unspecified atom stereocenters. The molecule has 0 aliphatic heterocycles. The van der Waals surface area contributed by atoms with Gasteiger partial charge in [0.1, 0.15) is 16.5 Å². The number of nitrogens with zero attached hydrogens (tertiary/aromatic N) is 2. The maximum Gasteiger partial charge on any atom is 0.138 e. The highest BCUT2D eigenvalue weighted by Gasteiger charge is 2.24. The van der Waals surface area contributed by atoms with E-state index in [-0.39, 0.29) is 0 Å². The fraction of sp³-hybridized carbons (Fsp3) is 0.600. The van der Waals surface area contributed by atoms with Crippen LogP contribution in [0, 0.1) is 0 Å². The lowest BCUT2D eigenvalue weighted by Gasteiger charge is -2.24. The van der Waals surface area contributed by atoms with Crippen LogP contribution in [0.2, 0.25) is 0 Å². The molecule has 1 N–H and O–H groups in total.